The molecular weight excluding hydrogens is 432 g/mol. The molecule has 10 N–H and O–H groups in total. The second-order valence-electron chi connectivity index (χ2n) is 6.85. The Morgan fingerprint density at radius 3 is 2.06 bits per heavy atom. The first kappa shape index (κ1) is 26.5. The molecule has 15 heteroatoms. The molecule has 5 unspecified atom stereocenters. The van der Waals surface area contributed by atoms with Gasteiger partial charge >= 0.3 is 11.9 Å². The number of nitrogens with one attached hydrogen (secondary N) is 4. The number of aliphatic hydroxyl groups is 2. The lowest BCUT2D eigenvalue weighted by atomic mass is 10.1. The summed E-state index contributed by atoms with van der Waals surface area (Å²) in [4.78, 5) is 65.6. The number of hydrogen-bond donors (Lipinski definition) is 9. The van der Waals surface area contributed by atoms with Gasteiger partial charge in [-0.3, -0.25) is 19.2 Å². The molecule has 5 atom stereocenters. The van der Waals surface area contributed by atoms with Crippen molar-refractivity contribution in [3.63, 3.8) is 0 Å². The number of aliphatic carboxylic acids is 2. The number of carboxylic acid groups (broad SMARTS) is 2. The molecule has 0 aliphatic rings. The molecule has 0 spiro atoms. The summed E-state index contributed by atoms with van der Waals surface area (Å²) in [6, 6.07) is -6.11. The summed E-state index contributed by atoms with van der Waals surface area (Å²) in [5.74, 6) is -6.03. The largest absolute Gasteiger partial charge is 0.481 e. The number of aromatic nitrogens is 2. The maximum absolute atomic E-state index is 12.6. The first-order chi connectivity index (χ1) is 15.0. The number of carboxylic acids is 2. The Bertz CT molecular complexity index is 813. The zero-order chi connectivity index (χ0) is 24.4. The zero-order valence-electron chi connectivity index (χ0n) is 17.0. The second-order valence-corrected chi connectivity index (χ2v) is 6.85. The second kappa shape index (κ2) is 12.3. The molecule has 1 rings (SSSR count). The highest BCUT2D eigenvalue weighted by atomic mass is 16.4. The van der Waals surface area contributed by atoms with Crippen LogP contribution in [0.1, 0.15) is 19.0 Å². The van der Waals surface area contributed by atoms with Gasteiger partial charge in [0.1, 0.15) is 24.2 Å². The van der Waals surface area contributed by atoms with Crippen LogP contribution in [-0.2, 0) is 30.4 Å². The molecule has 178 valence electrons. The highest BCUT2D eigenvalue weighted by Crippen LogP contribution is 2.03. The fraction of sp³-hybridized carbons (Fsp3) is 0.529. The van der Waals surface area contributed by atoms with E-state index in [2.05, 4.69) is 20.6 Å². The van der Waals surface area contributed by atoms with E-state index < -0.39 is 73.0 Å². The average molecular weight is 458 g/mol. The Balaban J connectivity index is 2.98. The van der Waals surface area contributed by atoms with Crippen LogP contribution in [0.15, 0.2) is 12.5 Å². The Labute approximate surface area is 181 Å². The summed E-state index contributed by atoms with van der Waals surface area (Å²) >= 11 is 0. The Hall–Kier alpha value is -3.56. The number of rotatable bonds is 13. The van der Waals surface area contributed by atoms with Crippen LogP contribution >= 0.6 is 0 Å². The lowest BCUT2D eigenvalue weighted by molar-refractivity contribution is -0.147. The molecule has 0 saturated carbocycles. The predicted molar refractivity (Wildman–Crippen MR) is 105 cm³/mol. The summed E-state index contributed by atoms with van der Waals surface area (Å²) < 4.78 is 0. The number of nitrogens with zero attached hydrogens (tertiary/aromatic N) is 1. The summed E-state index contributed by atoms with van der Waals surface area (Å²) in [5, 5.41) is 43.2. The molecule has 1 aromatic rings. The van der Waals surface area contributed by atoms with Gasteiger partial charge in [0, 0.05) is 18.3 Å². The van der Waals surface area contributed by atoms with Gasteiger partial charge in [0.15, 0.2) is 0 Å². The molecule has 1 heterocycles. The minimum Gasteiger partial charge on any atom is -0.481 e. The van der Waals surface area contributed by atoms with Gasteiger partial charge in [0.25, 0.3) is 0 Å². The van der Waals surface area contributed by atoms with E-state index in [1.807, 2.05) is 5.32 Å². The maximum Gasteiger partial charge on any atom is 0.326 e. The molecule has 0 fully saturated rings. The molecule has 0 saturated heterocycles. The molecule has 32 heavy (non-hydrogen) atoms. The van der Waals surface area contributed by atoms with Gasteiger partial charge in [0.05, 0.1) is 25.5 Å². The van der Waals surface area contributed by atoms with Crippen LogP contribution in [-0.4, -0.2) is 96.9 Å². The molecule has 0 aliphatic heterocycles. The smallest absolute Gasteiger partial charge is 0.326 e. The number of imidazole rings is 1. The van der Waals surface area contributed by atoms with Crippen molar-refractivity contribution < 1.29 is 44.4 Å². The number of amides is 3. The van der Waals surface area contributed by atoms with Crippen molar-refractivity contribution >= 4 is 29.7 Å². The third-order valence-electron chi connectivity index (χ3n) is 4.24. The van der Waals surface area contributed by atoms with Crippen LogP contribution in [0.4, 0.5) is 0 Å². The average Bonchev–Trinajstić information content (AvgIpc) is 3.22. The summed E-state index contributed by atoms with van der Waals surface area (Å²) in [6.07, 6.45) is 0.295. The maximum atomic E-state index is 12.6. The van der Waals surface area contributed by atoms with Gasteiger partial charge in [-0.1, -0.05) is 0 Å². The zero-order valence-corrected chi connectivity index (χ0v) is 17.0. The first-order valence-corrected chi connectivity index (χ1v) is 9.33. The van der Waals surface area contributed by atoms with Crippen molar-refractivity contribution in [2.24, 2.45) is 5.73 Å². The van der Waals surface area contributed by atoms with Gasteiger partial charge in [-0.15, -0.1) is 0 Å². The molecule has 3 amide bonds. The van der Waals surface area contributed by atoms with Crippen LogP contribution in [0, 0.1) is 0 Å². The van der Waals surface area contributed by atoms with Gasteiger partial charge in [-0.05, 0) is 6.92 Å². The van der Waals surface area contributed by atoms with Crippen LogP contribution in [0.25, 0.3) is 0 Å². The first-order valence-electron chi connectivity index (χ1n) is 9.33. The highest BCUT2D eigenvalue weighted by Gasteiger charge is 2.31. The third kappa shape index (κ3) is 8.29. The minimum atomic E-state index is -1.77. The van der Waals surface area contributed by atoms with Crippen molar-refractivity contribution in [1.82, 2.24) is 25.9 Å². The van der Waals surface area contributed by atoms with E-state index in [4.69, 9.17) is 15.9 Å². The highest BCUT2D eigenvalue weighted by molar-refractivity contribution is 5.94. The predicted octanol–water partition coefficient (Wildman–Crippen LogP) is -4.33. The van der Waals surface area contributed by atoms with Crippen LogP contribution < -0.4 is 21.7 Å². The van der Waals surface area contributed by atoms with Crippen molar-refractivity contribution in [3.8, 4) is 0 Å². The molecular formula is C17H26N6O9. The number of H-pyrrole nitrogens is 1. The van der Waals surface area contributed by atoms with E-state index in [0.29, 0.717) is 5.69 Å². The Morgan fingerprint density at radius 2 is 1.59 bits per heavy atom. The van der Waals surface area contributed by atoms with E-state index in [0.717, 1.165) is 0 Å². The van der Waals surface area contributed by atoms with E-state index in [1.165, 1.54) is 19.4 Å². The SMILES string of the molecule is CC(O)C(N)C(=O)NC(CO)C(=O)NC(Cc1cnc[nH]1)C(=O)NC(CC(=O)O)C(=O)O. The molecule has 15 nitrogen and oxygen atoms in total. The normalized spacial score (nSPS) is 15.5. The number of hydrogen-bond acceptors (Lipinski definition) is 9. The van der Waals surface area contributed by atoms with Gasteiger partial charge < -0.3 is 47.1 Å². The fourth-order valence-electron chi connectivity index (χ4n) is 2.43. The molecule has 0 aliphatic carbocycles. The number of carbonyl (C=O) groups excluding carboxylic acids is 3. The van der Waals surface area contributed by atoms with Crippen molar-refractivity contribution in [3.05, 3.63) is 18.2 Å². The van der Waals surface area contributed by atoms with Crippen LogP contribution in [0.3, 0.4) is 0 Å². The number of nitrogens with two attached hydrogens (primary N) is 1. The third-order valence-corrected chi connectivity index (χ3v) is 4.24. The lowest BCUT2D eigenvalue weighted by Crippen LogP contribution is -2.59. The Kier molecular flexibility index (Phi) is 10.2. The van der Waals surface area contributed by atoms with E-state index in [1.54, 1.807) is 0 Å². The molecule has 0 aromatic carbocycles. The van der Waals surface area contributed by atoms with E-state index in [9.17, 15) is 34.2 Å². The number of aromatic amines is 1. The Morgan fingerprint density at radius 1 is 1.03 bits per heavy atom. The van der Waals surface area contributed by atoms with Crippen molar-refractivity contribution in [1.29, 1.82) is 0 Å². The molecule has 0 bridgehead atoms. The fourth-order valence-corrected chi connectivity index (χ4v) is 2.43. The van der Waals surface area contributed by atoms with E-state index >= 15 is 0 Å². The standard InChI is InChI=1S/C17H26N6O9/c1-7(25)13(18)16(30)23-11(5-24)15(29)21-9(2-8-4-19-6-20-8)14(28)22-10(17(31)32)3-12(26)27/h4,6-7,9-11,13,24-25H,2-3,5,18H2,1H3,(H,19,20)(H,21,29)(H,22,28)(H,23,30)(H,26,27)(H,31,32). The topological polar surface area (TPSA) is 257 Å². The summed E-state index contributed by atoms with van der Waals surface area (Å²) in [5.41, 5.74) is 5.84. The van der Waals surface area contributed by atoms with Crippen LogP contribution in [0.2, 0.25) is 0 Å². The monoisotopic (exact) mass is 458 g/mol. The van der Waals surface area contributed by atoms with Gasteiger partial charge in [-0.25, -0.2) is 9.78 Å². The van der Waals surface area contributed by atoms with Gasteiger partial charge in [0.2, 0.25) is 17.7 Å². The van der Waals surface area contributed by atoms with Crippen LogP contribution in [0.5, 0.6) is 0 Å². The molecule has 0 radical (unpaired) electrons. The molecule has 1 aromatic heterocycles. The van der Waals surface area contributed by atoms with Crippen molar-refractivity contribution in [2.75, 3.05) is 6.61 Å². The summed E-state index contributed by atoms with van der Waals surface area (Å²) in [7, 11) is 0. The lowest BCUT2D eigenvalue weighted by Gasteiger charge is -2.24. The number of aliphatic hydroxyl groups excluding tert-OH is 2. The van der Waals surface area contributed by atoms with E-state index in [-0.39, 0.29) is 6.42 Å². The van der Waals surface area contributed by atoms with Gasteiger partial charge in [-0.2, -0.15) is 0 Å². The quantitative estimate of drug-likeness (QED) is 0.136. The minimum absolute atomic E-state index is 0.198. The summed E-state index contributed by atoms with van der Waals surface area (Å²) in [6.45, 7) is 0.373. The van der Waals surface area contributed by atoms with Crippen molar-refractivity contribution in [2.45, 2.75) is 50.0 Å². The number of carbonyl (C=O) groups is 5.